The molecular formula is C23H23N3O4. The van der Waals surface area contributed by atoms with Crippen LogP contribution >= 0.6 is 0 Å². The summed E-state index contributed by atoms with van der Waals surface area (Å²) in [5.74, 6) is -0.320. The predicted molar refractivity (Wildman–Crippen MR) is 116 cm³/mol. The van der Waals surface area contributed by atoms with E-state index in [1.165, 1.54) is 6.21 Å². The SMILES string of the molecule is COc1ccc(CCNC(=O)C(=O)N/N=C\c2cccc3ccccc23)cc1OC. The molecule has 0 saturated carbocycles. The highest BCUT2D eigenvalue weighted by Crippen LogP contribution is 2.27. The van der Waals surface area contributed by atoms with Gasteiger partial charge in [0.2, 0.25) is 0 Å². The molecule has 0 aromatic heterocycles. The smallest absolute Gasteiger partial charge is 0.329 e. The second-order valence-electron chi connectivity index (χ2n) is 6.46. The van der Waals surface area contributed by atoms with E-state index in [9.17, 15) is 9.59 Å². The highest BCUT2D eigenvalue weighted by molar-refractivity contribution is 6.35. The molecule has 3 aromatic carbocycles. The zero-order valence-corrected chi connectivity index (χ0v) is 16.8. The Labute approximate surface area is 174 Å². The van der Waals surface area contributed by atoms with Gasteiger partial charge in [-0.1, -0.05) is 48.5 Å². The molecule has 7 nitrogen and oxygen atoms in total. The standard InChI is InChI=1S/C23H23N3O4/c1-29-20-11-10-16(14-21(20)30-2)12-13-24-22(27)23(28)26-25-15-18-8-5-7-17-6-3-4-9-19(17)18/h3-11,14-15H,12-13H2,1-2H3,(H,24,27)(H,26,28)/b25-15-. The Hall–Kier alpha value is -3.87. The van der Waals surface area contributed by atoms with Crippen LogP contribution in [0.1, 0.15) is 11.1 Å². The number of nitrogens with one attached hydrogen (secondary N) is 2. The number of benzene rings is 3. The summed E-state index contributed by atoms with van der Waals surface area (Å²) in [6.07, 6.45) is 2.07. The Morgan fingerprint density at radius 2 is 1.70 bits per heavy atom. The molecule has 2 amide bonds. The molecule has 0 aliphatic rings. The molecule has 0 aliphatic carbocycles. The minimum absolute atomic E-state index is 0.300. The maximum absolute atomic E-state index is 12.0. The molecule has 0 spiro atoms. The van der Waals surface area contributed by atoms with E-state index in [1.54, 1.807) is 20.3 Å². The lowest BCUT2D eigenvalue weighted by atomic mass is 10.1. The summed E-state index contributed by atoms with van der Waals surface area (Å²) < 4.78 is 10.5. The third-order valence-electron chi connectivity index (χ3n) is 4.55. The van der Waals surface area contributed by atoms with E-state index in [0.29, 0.717) is 24.5 Å². The highest BCUT2D eigenvalue weighted by atomic mass is 16.5. The van der Waals surface area contributed by atoms with E-state index in [-0.39, 0.29) is 0 Å². The first-order valence-electron chi connectivity index (χ1n) is 9.42. The quantitative estimate of drug-likeness (QED) is 0.359. The Balaban J connectivity index is 1.50. The molecule has 3 aromatic rings. The number of ether oxygens (including phenoxy) is 2. The molecular weight excluding hydrogens is 382 g/mol. The fourth-order valence-corrected chi connectivity index (χ4v) is 3.01. The molecule has 2 N–H and O–H groups in total. The molecule has 0 radical (unpaired) electrons. The molecule has 0 unspecified atom stereocenters. The number of hydrazone groups is 1. The number of carbonyl (C=O) groups is 2. The Kier molecular flexibility index (Phi) is 7.00. The first kappa shape index (κ1) is 20.9. The topological polar surface area (TPSA) is 89.0 Å². The summed E-state index contributed by atoms with van der Waals surface area (Å²) in [5, 5.41) is 8.56. The second kappa shape index (κ2) is 10.1. The van der Waals surface area contributed by atoms with Gasteiger partial charge in [-0.2, -0.15) is 5.10 Å². The van der Waals surface area contributed by atoms with Crippen molar-refractivity contribution in [3.8, 4) is 11.5 Å². The average Bonchev–Trinajstić information content (AvgIpc) is 2.78. The Bertz CT molecular complexity index is 1070. The van der Waals surface area contributed by atoms with Gasteiger partial charge in [0.25, 0.3) is 0 Å². The van der Waals surface area contributed by atoms with Crippen LogP contribution in [0.25, 0.3) is 10.8 Å². The van der Waals surface area contributed by atoms with E-state index in [2.05, 4.69) is 15.8 Å². The lowest BCUT2D eigenvalue weighted by Crippen LogP contribution is -2.38. The van der Waals surface area contributed by atoms with Crippen LogP contribution < -0.4 is 20.2 Å². The third-order valence-corrected chi connectivity index (χ3v) is 4.55. The van der Waals surface area contributed by atoms with E-state index < -0.39 is 11.8 Å². The second-order valence-corrected chi connectivity index (χ2v) is 6.46. The van der Waals surface area contributed by atoms with Gasteiger partial charge in [0.05, 0.1) is 20.4 Å². The van der Waals surface area contributed by atoms with Crippen molar-refractivity contribution in [3.63, 3.8) is 0 Å². The molecule has 0 atom stereocenters. The Morgan fingerprint density at radius 3 is 2.50 bits per heavy atom. The first-order chi connectivity index (χ1) is 14.6. The van der Waals surface area contributed by atoms with Gasteiger partial charge in [0, 0.05) is 12.1 Å². The van der Waals surface area contributed by atoms with Crippen molar-refractivity contribution in [3.05, 3.63) is 71.8 Å². The number of hydrogen-bond donors (Lipinski definition) is 2. The average molecular weight is 405 g/mol. The molecule has 154 valence electrons. The van der Waals surface area contributed by atoms with Gasteiger partial charge in [-0.15, -0.1) is 0 Å². The minimum atomic E-state index is -0.821. The number of fused-ring (bicyclic) bond motifs is 1. The molecule has 0 aliphatic heterocycles. The normalized spacial score (nSPS) is 10.7. The molecule has 3 rings (SSSR count). The van der Waals surface area contributed by atoms with Crippen molar-refractivity contribution in [2.24, 2.45) is 5.10 Å². The van der Waals surface area contributed by atoms with E-state index in [4.69, 9.17) is 9.47 Å². The summed E-state index contributed by atoms with van der Waals surface area (Å²) in [4.78, 5) is 23.9. The summed E-state index contributed by atoms with van der Waals surface area (Å²) >= 11 is 0. The first-order valence-corrected chi connectivity index (χ1v) is 9.42. The van der Waals surface area contributed by atoms with Crippen molar-refractivity contribution < 1.29 is 19.1 Å². The third kappa shape index (κ3) is 5.14. The van der Waals surface area contributed by atoms with Gasteiger partial charge in [-0.25, -0.2) is 5.43 Å². The molecule has 0 bridgehead atoms. The lowest BCUT2D eigenvalue weighted by Gasteiger charge is -2.10. The van der Waals surface area contributed by atoms with Gasteiger partial charge >= 0.3 is 11.8 Å². The Morgan fingerprint density at radius 1 is 0.933 bits per heavy atom. The van der Waals surface area contributed by atoms with Crippen LogP contribution in [0.2, 0.25) is 0 Å². The maximum Gasteiger partial charge on any atom is 0.329 e. The zero-order chi connectivity index (χ0) is 21.3. The molecule has 30 heavy (non-hydrogen) atoms. The van der Waals surface area contributed by atoms with Gasteiger partial charge in [-0.3, -0.25) is 9.59 Å². The number of methoxy groups -OCH3 is 2. The molecule has 7 heteroatoms. The van der Waals surface area contributed by atoms with Crippen LogP contribution in [0, 0.1) is 0 Å². The van der Waals surface area contributed by atoms with Gasteiger partial charge in [-0.05, 0) is 34.9 Å². The number of hydrogen-bond acceptors (Lipinski definition) is 5. The van der Waals surface area contributed by atoms with Crippen molar-refractivity contribution >= 4 is 28.8 Å². The predicted octanol–water partition coefficient (Wildman–Crippen LogP) is 2.67. The summed E-state index contributed by atoms with van der Waals surface area (Å²) in [6.45, 7) is 0.300. The van der Waals surface area contributed by atoms with Crippen LogP contribution in [0.4, 0.5) is 0 Å². The van der Waals surface area contributed by atoms with Crippen molar-refractivity contribution in [1.29, 1.82) is 0 Å². The van der Waals surface area contributed by atoms with Crippen LogP contribution in [0.3, 0.4) is 0 Å². The van der Waals surface area contributed by atoms with Gasteiger partial charge in [0.15, 0.2) is 11.5 Å². The van der Waals surface area contributed by atoms with Crippen molar-refractivity contribution in [2.45, 2.75) is 6.42 Å². The summed E-state index contributed by atoms with van der Waals surface area (Å²) in [7, 11) is 3.13. The maximum atomic E-state index is 12.0. The molecule has 0 heterocycles. The van der Waals surface area contributed by atoms with Crippen molar-refractivity contribution in [2.75, 3.05) is 20.8 Å². The summed E-state index contributed by atoms with van der Waals surface area (Å²) in [6, 6.07) is 19.2. The number of nitrogens with zero attached hydrogens (tertiary/aromatic N) is 1. The lowest BCUT2D eigenvalue weighted by molar-refractivity contribution is -0.139. The molecule has 0 saturated heterocycles. The number of rotatable bonds is 7. The van der Waals surface area contributed by atoms with E-state index in [1.807, 2.05) is 54.6 Å². The highest BCUT2D eigenvalue weighted by Gasteiger charge is 2.12. The van der Waals surface area contributed by atoms with E-state index in [0.717, 1.165) is 21.9 Å². The number of carbonyl (C=O) groups excluding carboxylic acids is 2. The van der Waals surface area contributed by atoms with E-state index >= 15 is 0 Å². The number of amides is 2. The fraction of sp³-hybridized carbons (Fsp3) is 0.174. The monoisotopic (exact) mass is 405 g/mol. The van der Waals surface area contributed by atoms with Gasteiger partial charge < -0.3 is 14.8 Å². The minimum Gasteiger partial charge on any atom is -0.493 e. The van der Waals surface area contributed by atoms with Gasteiger partial charge in [0.1, 0.15) is 0 Å². The van der Waals surface area contributed by atoms with Crippen molar-refractivity contribution in [1.82, 2.24) is 10.7 Å². The van der Waals surface area contributed by atoms with Crippen LogP contribution in [0.15, 0.2) is 65.8 Å². The zero-order valence-electron chi connectivity index (χ0n) is 16.8. The fourth-order valence-electron chi connectivity index (χ4n) is 3.01. The van der Waals surface area contributed by atoms with Crippen LogP contribution in [-0.2, 0) is 16.0 Å². The molecule has 0 fully saturated rings. The van der Waals surface area contributed by atoms with Crippen LogP contribution in [0.5, 0.6) is 11.5 Å². The summed E-state index contributed by atoms with van der Waals surface area (Å²) in [5.41, 5.74) is 4.06. The van der Waals surface area contributed by atoms with Crippen LogP contribution in [-0.4, -0.2) is 38.8 Å². The largest absolute Gasteiger partial charge is 0.493 e.